The number of hydrogen-bond donors (Lipinski definition) is 0. The summed E-state index contributed by atoms with van der Waals surface area (Å²) in [4.78, 5) is 17.0. The van der Waals surface area contributed by atoms with Gasteiger partial charge in [-0.1, -0.05) is 19.1 Å². The fourth-order valence-corrected chi connectivity index (χ4v) is 3.42. The van der Waals surface area contributed by atoms with Crippen molar-refractivity contribution in [1.29, 1.82) is 0 Å². The number of pyridine rings is 1. The van der Waals surface area contributed by atoms with E-state index in [0.29, 0.717) is 0 Å². The second-order valence-electron chi connectivity index (χ2n) is 4.72. The number of hydrogen-bond acceptors (Lipinski definition) is 5. The molecule has 0 bridgehead atoms. The Morgan fingerprint density at radius 3 is 2.12 bits per heavy atom. The van der Waals surface area contributed by atoms with Crippen LogP contribution in [0.25, 0.3) is 21.0 Å². The van der Waals surface area contributed by atoms with E-state index in [4.69, 9.17) is 0 Å². The number of carbonyl (C=O) groups excluding carboxylic acids is 1. The van der Waals surface area contributed by atoms with E-state index in [1.807, 2.05) is 12.3 Å². The molecule has 0 radical (unpaired) electrons. The van der Waals surface area contributed by atoms with Gasteiger partial charge in [-0.3, -0.25) is 9.78 Å². The van der Waals surface area contributed by atoms with Gasteiger partial charge in [0.05, 0.1) is 10.6 Å². The first-order valence-electron chi connectivity index (χ1n) is 6.96. The molecule has 3 heterocycles. The third kappa shape index (κ3) is 6.13. The summed E-state index contributed by atoms with van der Waals surface area (Å²) in [6, 6.07) is 12.5. The van der Waals surface area contributed by atoms with Gasteiger partial charge in [-0.2, -0.15) is 0 Å². The fraction of sp³-hybridized carbons (Fsp3) is 0.111. The van der Waals surface area contributed by atoms with E-state index in [-0.39, 0.29) is 31.6 Å². The second kappa shape index (κ2) is 10.3. The van der Waals surface area contributed by atoms with E-state index < -0.39 is 0 Å². The van der Waals surface area contributed by atoms with Crippen molar-refractivity contribution in [2.45, 2.75) is 13.8 Å². The van der Waals surface area contributed by atoms with Crippen molar-refractivity contribution in [3.63, 3.8) is 0 Å². The van der Waals surface area contributed by atoms with Crippen LogP contribution in [0.4, 0.5) is 0 Å². The van der Waals surface area contributed by atoms with Gasteiger partial charge in [0, 0.05) is 16.6 Å². The van der Waals surface area contributed by atoms with Crippen molar-refractivity contribution in [2.75, 3.05) is 0 Å². The van der Waals surface area contributed by atoms with Gasteiger partial charge in [0.15, 0.2) is 5.78 Å². The Bertz CT molecular complexity index is 724. The molecule has 3 aromatic rings. The third-order valence-electron chi connectivity index (χ3n) is 2.76. The first-order chi connectivity index (χ1) is 11.1. The topological polar surface area (TPSA) is 53.0 Å². The molecule has 0 saturated heterocycles. The quantitative estimate of drug-likeness (QED) is 0.370. The summed E-state index contributed by atoms with van der Waals surface area (Å²) in [5.74, 6) is -0.375. The standard InChI is InChI=1S/C13H9NS2.C5H8O2.Ir/c1-4-10(11-5-2-8-15-11)13(14-7-1)12-6-3-9-16-12;1-4(6)3-5(2)7;/h1-9H;3,6H,1-2H3;/q;;+3/p-1/b;4-3-;. The number of carbonyl (C=O) groups is 1. The van der Waals surface area contributed by atoms with E-state index in [2.05, 4.69) is 46.1 Å². The molecule has 6 heteroatoms. The average Bonchev–Trinajstić information content (AvgIpc) is 3.20. The van der Waals surface area contributed by atoms with Crippen LogP contribution in [0.2, 0.25) is 0 Å². The number of allylic oxidation sites excluding steroid dienone is 2. The van der Waals surface area contributed by atoms with E-state index >= 15 is 0 Å². The van der Waals surface area contributed by atoms with Crippen LogP contribution in [0.5, 0.6) is 0 Å². The minimum absolute atomic E-state index is 0. The van der Waals surface area contributed by atoms with Crippen molar-refractivity contribution >= 4 is 28.5 Å². The van der Waals surface area contributed by atoms with E-state index in [0.717, 1.165) is 11.8 Å². The van der Waals surface area contributed by atoms with Crippen molar-refractivity contribution in [2.24, 2.45) is 0 Å². The zero-order valence-corrected chi connectivity index (χ0v) is 17.2. The maximum Gasteiger partial charge on any atom is 3.00 e. The van der Waals surface area contributed by atoms with Crippen molar-refractivity contribution < 1.29 is 30.0 Å². The smallest absolute Gasteiger partial charge is 0.876 e. The Hall–Kier alpha value is -1.59. The van der Waals surface area contributed by atoms with Crippen LogP contribution in [0.1, 0.15) is 13.8 Å². The van der Waals surface area contributed by atoms with Crippen molar-refractivity contribution in [3.05, 3.63) is 65.2 Å². The Balaban J connectivity index is 0.000000312. The van der Waals surface area contributed by atoms with Gasteiger partial charge in [-0.05, 0) is 48.0 Å². The molecular formula is C18H16IrNO2S2+2. The molecule has 3 aromatic heterocycles. The summed E-state index contributed by atoms with van der Waals surface area (Å²) < 4.78 is 0. The fourth-order valence-electron chi connectivity index (χ4n) is 1.93. The second-order valence-corrected chi connectivity index (χ2v) is 6.62. The molecule has 0 N–H and O–H groups in total. The Kier molecular flexibility index (Phi) is 8.79. The molecule has 0 unspecified atom stereocenters. The molecule has 0 aliphatic heterocycles. The summed E-state index contributed by atoms with van der Waals surface area (Å²) in [7, 11) is 0. The summed E-state index contributed by atoms with van der Waals surface area (Å²) in [5.41, 5.74) is 2.31. The summed E-state index contributed by atoms with van der Waals surface area (Å²) in [5, 5.41) is 14.2. The maximum atomic E-state index is 9.98. The number of nitrogens with zero attached hydrogens (tertiary/aromatic N) is 1. The van der Waals surface area contributed by atoms with Gasteiger partial charge < -0.3 is 5.11 Å². The minimum Gasteiger partial charge on any atom is -0.876 e. The van der Waals surface area contributed by atoms with Gasteiger partial charge >= 0.3 is 20.1 Å². The molecule has 0 spiro atoms. The normalized spacial score (nSPS) is 10.3. The van der Waals surface area contributed by atoms with Crippen LogP contribution >= 0.6 is 22.7 Å². The zero-order valence-electron chi connectivity index (χ0n) is 13.2. The molecule has 0 aromatic carbocycles. The molecule has 124 valence electrons. The molecule has 0 aliphatic rings. The first kappa shape index (κ1) is 20.5. The summed E-state index contributed by atoms with van der Waals surface area (Å²) in [6.45, 7) is 2.70. The van der Waals surface area contributed by atoms with Crippen LogP contribution in [0.15, 0.2) is 65.2 Å². The summed E-state index contributed by atoms with van der Waals surface area (Å²) in [6.07, 6.45) is 2.91. The third-order valence-corrected chi connectivity index (χ3v) is 4.54. The molecule has 0 aliphatic carbocycles. The minimum atomic E-state index is -0.187. The van der Waals surface area contributed by atoms with E-state index in [1.54, 1.807) is 22.7 Å². The predicted molar refractivity (Wildman–Crippen MR) is 95.3 cm³/mol. The number of aromatic nitrogens is 1. The number of thiophene rings is 2. The van der Waals surface area contributed by atoms with Gasteiger partial charge in [-0.25, -0.2) is 0 Å². The van der Waals surface area contributed by atoms with Gasteiger partial charge in [-0.15, -0.1) is 28.4 Å². The molecule has 0 saturated carbocycles. The zero-order chi connectivity index (χ0) is 16.7. The molecule has 3 rings (SSSR count). The summed E-state index contributed by atoms with van der Waals surface area (Å²) >= 11 is 3.48. The molecule has 24 heavy (non-hydrogen) atoms. The van der Waals surface area contributed by atoms with E-state index in [1.165, 1.54) is 29.2 Å². The van der Waals surface area contributed by atoms with E-state index in [9.17, 15) is 9.90 Å². The molecule has 0 amide bonds. The van der Waals surface area contributed by atoms with Crippen LogP contribution in [0.3, 0.4) is 0 Å². The largest absolute Gasteiger partial charge is 3.00 e. The molecule has 3 nitrogen and oxygen atoms in total. The van der Waals surface area contributed by atoms with Crippen LogP contribution < -0.4 is 5.11 Å². The van der Waals surface area contributed by atoms with Gasteiger partial charge in [0.2, 0.25) is 0 Å². The van der Waals surface area contributed by atoms with Crippen molar-refractivity contribution in [1.82, 2.24) is 4.98 Å². The number of rotatable bonds is 3. The number of ketones is 1. The first-order valence-corrected chi connectivity index (χ1v) is 8.72. The maximum absolute atomic E-state index is 9.98. The van der Waals surface area contributed by atoms with Gasteiger partial charge in [0.1, 0.15) is 0 Å². The predicted octanol–water partition coefficient (Wildman–Crippen LogP) is 4.38. The van der Waals surface area contributed by atoms with Crippen LogP contribution in [-0.4, -0.2) is 10.8 Å². The Labute approximate surface area is 163 Å². The van der Waals surface area contributed by atoms with Gasteiger partial charge in [0.25, 0.3) is 0 Å². The Morgan fingerprint density at radius 2 is 1.67 bits per heavy atom. The molecule has 0 atom stereocenters. The van der Waals surface area contributed by atoms with Crippen LogP contribution in [0, 0.1) is 0 Å². The Morgan fingerprint density at radius 1 is 1.04 bits per heavy atom. The molecule has 0 fully saturated rings. The average molecular weight is 535 g/mol. The monoisotopic (exact) mass is 535 g/mol. The van der Waals surface area contributed by atoms with Crippen molar-refractivity contribution in [3.8, 4) is 21.0 Å². The molecular weight excluding hydrogens is 519 g/mol. The SMILES string of the molecule is CC(=O)/C=C(/C)[O-].[Ir+3].c1csc(-c2cccnc2-c2cccs2)c1. The van der Waals surface area contributed by atoms with Crippen LogP contribution in [-0.2, 0) is 24.9 Å².